The lowest BCUT2D eigenvalue weighted by Crippen LogP contribution is -1.98. The van der Waals surface area contributed by atoms with Crippen molar-refractivity contribution < 1.29 is 9.52 Å². The minimum Gasteiger partial charge on any atom is -0.465 e. The van der Waals surface area contributed by atoms with Crippen LogP contribution in [0.4, 0.5) is 0 Å². The highest BCUT2D eigenvalue weighted by atomic mass is 79.9. The fraction of sp³-hybridized carbons (Fsp3) is 0.429. The van der Waals surface area contributed by atoms with E-state index in [1.54, 1.807) is 24.1 Å². The fourth-order valence-corrected chi connectivity index (χ4v) is 1.71. The highest BCUT2D eigenvalue weighted by Gasteiger charge is 2.13. The largest absolute Gasteiger partial charge is 0.465 e. The number of hydrogen-bond donors (Lipinski definition) is 1. The van der Waals surface area contributed by atoms with Crippen molar-refractivity contribution in [2.45, 2.75) is 6.10 Å². The number of rotatable bonds is 3. The SMILES string of the molecule is CSCC(O)c1occc1Br. The first-order valence-corrected chi connectivity index (χ1v) is 5.34. The third-order valence-corrected chi connectivity index (χ3v) is 2.58. The van der Waals surface area contributed by atoms with Gasteiger partial charge in [-0.2, -0.15) is 11.8 Å². The zero-order chi connectivity index (χ0) is 8.27. The van der Waals surface area contributed by atoms with Crippen LogP contribution in [0.25, 0.3) is 0 Å². The molecule has 2 nitrogen and oxygen atoms in total. The van der Waals surface area contributed by atoms with E-state index in [9.17, 15) is 5.11 Å². The molecule has 1 aromatic heterocycles. The number of furan rings is 1. The third-order valence-electron chi connectivity index (χ3n) is 1.27. The number of aliphatic hydroxyl groups excluding tert-OH is 1. The molecule has 0 aliphatic rings. The predicted octanol–water partition coefficient (Wildman–Crippen LogP) is 2.44. The first kappa shape index (κ1) is 9.16. The van der Waals surface area contributed by atoms with Crippen molar-refractivity contribution in [3.8, 4) is 0 Å². The van der Waals surface area contributed by atoms with Crippen LogP contribution < -0.4 is 0 Å². The van der Waals surface area contributed by atoms with Crippen molar-refractivity contribution in [1.29, 1.82) is 0 Å². The van der Waals surface area contributed by atoms with Crippen LogP contribution in [0.3, 0.4) is 0 Å². The second kappa shape index (κ2) is 4.18. The van der Waals surface area contributed by atoms with E-state index in [0.717, 1.165) is 4.47 Å². The van der Waals surface area contributed by atoms with E-state index in [1.165, 1.54) is 0 Å². The van der Waals surface area contributed by atoms with E-state index in [1.807, 2.05) is 6.26 Å². The van der Waals surface area contributed by atoms with Gasteiger partial charge in [-0.05, 0) is 28.3 Å². The molecular weight excluding hydrogens is 228 g/mol. The molecule has 62 valence electrons. The monoisotopic (exact) mass is 236 g/mol. The smallest absolute Gasteiger partial charge is 0.147 e. The second-order valence-electron chi connectivity index (χ2n) is 2.10. The molecule has 11 heavy (non-hydrogen) atoms. The van der Waals surface area contributed by atoms with Crippen LogP contribution in [0, 0.1) is 0 Å². The molecule has 1 atom stereocenters. The Morgan fingerprint density at radius 3 is 3.00 bits per heavy atom. The molecule has 1 unspecified atom stereocenters. The van der Waals surface area contributed by atoms with Crippen molar-refractivity contribution in [2.24, 2.45) is 0 Å². The third kappa shape index (κ3) is 2.25. The molecule has 0 bridgehead atoms. The Kier molecular flexibility index (Phi) is 3.48. The lowest BCUT2D eigenvalue weighted by Gasteiger charge is -2.04. The molecule has 1 heterocycles. The molecule has 0 amide bonds. The summed E-state index contributed by atoms with van der Waals surface area (Å²) in [5, 5.41) is 9.45. The fourth-order valence-electron chi connectivity index (χ4n) is 0.777. The quantitative estimate of drug-likeness (QED) is 0.876. The highest BCUT2D eigenvalue weighted by molar-refractivity contribution is 9.10. The minimum absolute atomic E-state index is 0.505. The zero-order valence-corrected chi connectivity index (χ0v) is 8.48. The molecule has 1 aromatic rings. The Labute approximate surface area is 78.1 Å². The van der Waals surface area contributed by atoms with Gasteiger partial charge < -0.3 is 9.52 Å². The van der Waals surface area contributed by atoms with Gasteiger partial charge in [0.05, 0.1) is 10.7 Å². The summed E-state index contributed by atoms with van der Waals surface area (Å²) in [4.78, 5) is 0. The Bertz CT molecular complexity index is 224. The van der Waals surface area contributed by atoms with Gasteiger partial charge >= 0.3 is 0 Å². The van der Waals surface area contributed by atoms with Gasteiger partial charge in [-0.3, -0.25) is 0 Å². The molecule has 4 heteroatoms. The Balaban J connectivity index is 2.67. The van der Waals surface area contributed by atoms with Crippen molar-refractivity contribution in [3.05, 3.63) is 22.6 Å². The molecule has 0 saturated carbocycles. The summed E-state index contributed by atoms with van der Waals surface area (Å²) in [6.07, 6.45) is 3.00. The Hall–Kier alpha value is 0.0700. The lowest BCUT2D eigenvalue weighted by molar-refractivity contribution is 0.173. The van der Waals surface area contributed by atoms with Crippen LogP contribution in [0.5, 0.6) is 0 Å². The van der Waals surface area contributed by atoms with Crippen molar-refractivity contribution in [3.63, 3.8) is 0 Å². The Morgan fingerprint density at radius 1 is 1.82 bits per heavy atom. The number of hydrogen-bond acceptors (Lipinski definition) is 3. The van der Waals surface area contributed by atoms with Gasteiger partial charge in [-0.25, -0.2) is 0 Å². The van der Waals surface area contributed by atoms with Gasteiger partial charge in [0.2, 0.25) is 0 Å². The summed E-state index contributed by atoms with van der Waals surface area (Å²) >= 11 is 4.86. The minimum atomic E-state index is -0.505. The summed E-state index contributed by atoms with van der Waals surface area (Å²) in [5.41, 5.74) is 0. The molecule has 0 saturated heterocycles. The maximum atomic E-state index is 9.45. The van der Waals surface area contributed by atoms with Crippen LogP contribution in [-0.2, 0) is 0 Å². The molecule has 0 spiro atoms. The van der Waals surface area contributed by atoms with E-state index >= 15 is 0 Å². The van der Waals surface area contributed by atoms with Crippen LogP contribution in [0.1, 0.15) is 11.9 Å². The van der Waals surface area contributed by atoms with Gasteiger partial charge in [0.25, 0.3) is 0 Å². The van der Waals surface area contributed by atoms with Gasteiger partial charge in [0.15, 0.2) is 0 Å². The summed E-state index contributed by atoms with van der Waals surface area (Å²) in [6, 6.07) is 1.78. The van der Waals surface area contributed by atoms with Crippen molar-refractivity contribution >= 4 is 27.7 Å². The standard InChI is InChI=1S/C7H9BrO2S/c1-11-4-6(9)7-5(8)2-3-10-7/h2-3,6,9H,4H2,1H3. The number of aliphatic hydroxyl groups is 1. The molecule has 1 N–H and O–H groups in total. The van der Waals surface area contributed by atoms with Gasteiger partial charge in [-0.1, -0.05) is 0 Å². The summed E-state index contributed by atoms with van der Waals surface area (Å²) in [7, 11) is 0. The molecule has 0 fully saturated rings. The first-order chi connectivity index (χ1) is 5.25. The number of halogens is 1. The van der Waals surface area contributed by atoms with Gasteiger partial charge in [0.1, 0.15) is 11.9 Å². The molecule has 0 radical (unpaired) electrons. The predicted molar refractivity (Wildman–Crippen MR) is 49.7 cm³/mol. The van der Waals surface area contributed by atoms with E-state index < -0.39 is 6.10 Å². The maximum absolute atomic E-state index is 9.45. The van der Waals surface area contributed by atoms with Crippen molar-refractivity contribution in [2.75, 3.05) is 12.0 Å². The molecule has 0 aliphatic heterocycles. The van der Waals surface area contributed by atoms with Crippen LogP contribution in [-0.4, -0.2) is 17.1 Å². The highest BCUT2D eigenvalue weighted by Crippen LogP contribution is 2.25. The van der Waals surface area contributed by atoms with Gasteiger partial charge in [-0.15, -0.1) is 0 Å². The summed E-state index contributed by atoms with van der Waals surface area (Å²) in [5.74, 6) is 1.27. The normalized spacial score (nSPS) is 13.4. The van der Waals surface area contributed by atoms with Gasteiger partial charge in [0, 0.05) is 5.75 Å². The molecule has 0 aliphatic carbocycles. The van der Waals surface area contributed by atoms with Crippen molar-refractivity contribution in [1.82, 2.24) is 0 Å². The average molecular weight is 237 g/mol. The van der Waals surface area contributed by atoms with Crippen LogP contribution in [0.2, 0.25) is 0 Å². The molecule has 1 rings (SSSR count). The maximum Gasteiger partial charge on any atom is 0.147 e. The first-order valence-electron chi connectivity index (χ1n) is 3.15. The van der Waals surface area contributed by atoms with Crippen LogP contribution in [0.15, 0.2) is 21.2 Å². The lowest BCUT2D eigenvalue weighted by atomic mass is 10.3. The second-order valence-corrected chi connectivity index (χ2v) is 3.87. The zero-order valence-electron chi connectivity index (χ0n) is 6.08. The number of thioether (sulfide) groups is 1. The average Bonchev–Trinajstić information content (AvgIpc) is 2.36. The molecular formula is C7H9BrO2S. The van der Waals surface area contributed by atoms with E-state index in [0.29, 0.717) is 11.5 Å². The van der Waals surface area contributed by atoms with E-state index in [4.69, 9.17) is 4.42 Å². The van der Waals surface area contributed by atoms with Crippen LogP contribution >= 0.6 is 27.7 Å². The molecule has 0 aromatic carbocycles. The van der Waals surface area contributed by atoms with E-state index in [2.05, 4.69) is 15.9 Å². The summed E-state index contributed by atoms with van der Waals surface area (Å²) < 4.78 is 5.90. The summed E-state index contributed by atoms with van der Waals surface area (Å²) in [6.45, 7) is 0. The Morgan fingerprint density at radius 2 is 2.55 bits per heavy atom. The topological polar surface area (TPSA) is 33.4 Å². The van der Waals surface area contributed by atoms with E-state index in [-0.39, 0.29) is 0 Å².